The first kappa shape index (κ1) is 10.4. The van der Waals surface area contributed by atoms with Crippen LogP contribution in [0.5, 0.6) is 0 Å². The lowest BCUT2D eigenvalue weighted by molar-refractivity contribution is 0.115. The van der Waals surface area contributed by atoms with Crippen LogP contribution in [0.25, 0.3) is 0 Å². The number of amides is 1. The van der Waals surface area contributed by atoms with Gasteiger partial charge in [-0.15, -0.1) is 0 Å². The van der Waals surface area contributed by atoms with Gasteiger partial charge in [0.1, 0.15) is 6.33 Å². The number of carbonyl (C=O) groups excluding carboxylic acids is 1. The summed E-state index contributed by atoms with van der Waals surface area (Å²) in [7, 11) is 0. The average Bonchev–Trinajstić information content (AvgIpc) is 2.15. The maximum absolute atomic E-state index is 11.1. The van der Waals surface area contributed by atoms with Crippen molar-refractivity contribution in [2.45, 2.75) is 26.5 Å². The Morgan fingerprint density at radius 2 is 2.14 bits per heavy atom. The fraction of sp³-hybridized carbons (Fsp3) is 0.444. The van der Waals surface area contributed by atoms with Crippen LogP contribution < -0.4 is 5.32 Å². The molecule has 0 aliphatic rings. The number of carbonyl (C=O) groups is 1. The van der Waals surface area contributed by atoms with E-state index in [1.807, 2.05) is 0 Å². The van der Waals surface area contributed by atoms with Gasteiger partial charge < -0.3 is 10.1 Å². The van der Waals surface area contributed by atoms with Crippen molar-refractivity contribution < 1.29 is 9.53 Å². The minimum Gasteiger partial charge on any atom is -0.447 e. The molecule has 1 aromatic heterocycles. The lowest BCUT2D eigenvalue weighted by Gasteiger charge is -2.08. The lowest BCUT2D eigenvalue weighted by atomic mass is 10.3. The summed E-state index contributed by atoms with van der Waals surface area (Å²) in [5.74, 6) is 0. The Hall–Kier alpha value is -1.65. The minimum atomic E-state index is -0.427. The van der Waals surface area contributed by atoms with E-state index in [4.69, 9.17) is 4.74 Å². The second-order valence-electron chi connectivity index (χ2n) is 3.05. The van der Waals surface area contributed by atoms with Crippen LogP contribution in [0.3, 0.4) is 0 Å². The molecular weight excluding hydrogens is 182 g/mol. The standard InChI is InChI=1S/C9H13N3O2/c1-7(2)14-9(13)12-5-8-3-10-6-11-4-8/h3-4,6-7H,5H2,1-2H3,(H,12,13). The molecule has 1 amide bonds. The van der Waals surface area contributed by atoms with E-state index in [1.165, 1.54) is 6.33 Å². The maximum Gasteiger partial charge on any atom is 0.407 e. The Morgan fingerprint density at radius 3 is 2.71 bits per heavy atom. The average molecular weight is 195 g/mol. The van der Waals surface area contributed by atoms with Gasteiger partial charge in [0.2, 0.25) is 0 Å². The first-order chi connectivity index (χ1) is 6.68. The Bertz CT molecular complexity index is 287. The second-order valence-corrected chi connectivity index (χ2v) is 3.05. The van der Waals surface area contributed by atoms with E-state index < -0.39 is 6.09 Å². The van der Waals surface area contributed by atoms with Crippen LogP contribution in [0.1, 0.15) is 19.4 Å². The zero-order valence-corrected chi connectivity index (χ0v) is 8.23. The van der Waals surface area contributed by atoms with E-state index >= 15 is 0 Å². The van der Waals surface area contributed by atoms with Crippen LogP contribution >= 0.6 is 0 Å². The van der Waals surface area contributed by atoms with Crippen molar-refractivity contribution >= 4 is 6.09 Å². The van der Waals surface area contributed by atoms with Crippen molar-refractivity contribution in [3.05, 3.63) is 24.3 Å². The third-order valence-corrected chi connectivity index (χ3v) is 1.39. The molecule has 0 saturated heterocycles. The molecular formula is C9H13N3O2. The van der Waals surface area contributed by atoms with Crippen molar-refractivity contribution in [1.82, 2.24) is 15.3 Å². The van der Waals surface area contributed by atoms with Gasteiger partial charge in [-0.1, -0.05) is 0 Å². The molecule has 5 nitrogen and oxygen atoms in total. The summed E-state index contributed by atoms with van der Waals surface area (Å²) in [4.78, 5) is 18.7. The highest BCUT2D eigenvalue weighted by Gasteiger charge is 2.03. The monoisotopic (exact) mass is 195 g/mol. The highest BCUT2D eigenvalue weighted by Crippen LogP contribution is 1.93. The molecule has 0 spiro atoms. The topological polar surface area (TPSA) is 64.1 Å². The first-order valence-electron chi connectivity index (χ1n) is 4.37. The van der Waals surface area contributed by atoms with Crippen LogP contribution in [0.2, 0.25) is 0 Å². The van der Waals surface area contributed by atoms with Crippen molar-refractivity contribution in [3.63, 3.8) is 0 Å². The highest BCUT2D eigenvalue weighted by atomic mass is 16.6. The molecule has 1 N–H and O–H groups in total. The molecule has 76 valence electrons. The predicted octanol–water partition coefficient (Wildman–Crippen LogP) is 1.11. The van der Waals surface area contributed by atoms with Crippen molar-refractivity contribution in [2.24, 2.45) is 0 Å². The zero-order valence-electron chi connectivity index (χ0n) is 8.23. The SMILES string of the molecule is CC(C)OC(=O)NCc1cncnc1. The molecule has 0 aliphatic heterocycles. The molecule has 5 heteroatoms. The Kier molecular flexibility index (Phi) is 3.84. The molecule has 0 bridgehead atoms. The summed E-state index contributed by atoms with van der Waals surface area (Å²) < 4.78 is 4.88. The van der Waals surface area contributed by atoms with Crippen LogP contribution in [0.15, 0.2) is 18.7 Å². The molecule has 1 aromatic rings. The molecule has 1 heterocycles. The summed E-state index contributed by atoms with van der Waals surface area (Å²) in [6.07, 6.45) is 4.19. The number of nitrogens with one attached hydrogen (secondary N) is 1. The van der Waals surface area contributed by atoms with E-state index in [2.05, 4.69) is 15.3 Å². The number of aromatic nitrogens is 2. The molecule has 1 rings (SSSR count). The van der Waals surface area contributed by atoms with Gasteiger partial charge in [0, 0.05) is 24.5 Å². The third-order valence-electron chi connectivity index (χ3n) is 1.39. The number of nitrogens with zero attached hydrogens (tertiary/aromatic N) is 2. The number of hydrogen-bond acceptors (Lipinski definition) is 4. The molecule has 0 radical (unpaired) electrons. The number of ether oxygens (including phenoxy) is 1. The molecule has 0 aliphatic carbocycles. The van der Waals surface area contributed by atoms with Crippen LogP contribution in [0, 0.1) is 0 Å². The molecule has 0 fully saturated rings. The molecule has 0 aromatic carbocycles. The van der Waals surface area contributed by atoms with Gasteiger partial charge in [-0.2, -0.15) is 0 Å². The third kappa shape index (κ3) is 3.84. The Morgan fingerprint density at radius 1 is 1.50 bits per heavy atom. The van der Waals surface area contributed by atoms with Crippen molar-refractivity contribution in [1.29, 1.82) is 0 Å². The first-order valence-corrected chi connectivity index (χ1v) is 4.37. The van der Waals surface area contributed by atoms with Gasteiger partial charge >= 0.3 is 6.09 Å². The molecule has 0 unspecified atom stereocenters. The van der Waals surface area contributed by atoms with Gasteiger partial charge in [-0.05, 0) is 13.8 Å². The fourth-order valence-electron chi connectivity index (χ4n) is 0.851. The summed E-state index contributed by atoms with van der Waals surface area (Å²) in [5, 5.41) is 2.59. The van der Waals surface area contributed by atoms with Crippen molar-refractivity contribution in [3.8, 4) is 0 Å². The van der Waals surface area contributed by atoms with Gasteiger partial charge in [-0.3, -0.25) is 0 Å². The number of rotatable bonds is 3. The highest BCUT2D eigenvalue weighted by molar-refractivity contribution is 5.67. The fourth-order valence-corrected chi connectivity index (χ4v) is 0.851. The second kappa shape index (κ2) is 5.16. The Balaban J connectivity index is 2.31. The smallest absolute Gasteiger partial charge is 0.407 e. The maximum atomic E-state index is 11.1. The normalized spacial score (nSPS) is 9.93. The van der Waals surface area contributed by atoms with Gasteiger partial charge in [0.25, 0.3) is 0 Å². The van der Waals surface area contributed by atoms with Crippen molar-refractivity contribution in [2.75, 3.05) is 0 Å². The predicted molar refractivity (Wildman–Crippen MR) is 50.5 cm³/mol. The number of alkyl carbamates (subject to hydrolysis) is 1. The van der Waals surface area contributed by atoms with E-state index in [-0.39, 0.29) is 6.10 Å². The lowest BCUT2D eigenvalue weighted by Crippen LogP contribution is -2.26. The van der Waals surface area contributed by atoms with E-state index in [0.717, 1.165) is 5.56 Å². The number of hydrogen-bond donors (Lipinski definition) is 1. The Labute approximate surface area is 82.5 Å². The summed E-state index contributed by atoms with van der Waals surface area (Å²) in [5.41, 5.74) is 0.841. The van der Waals surface area contributed by atoms with E-state index in [1.54, 1.807) is 26.2 Å². The van der Waals surface area contributed by atoms with Gasteiger partial charge in [-0.25, -0.2) is 14.8 Å². The zero-order chi connectivity index (χ0) is 10.4. The largest absolute Gasteiger partial charge is 0.447 e. The van der Waals surface area contributed by atoms with E-state index in [9.17, 15) is 4.79 Å². The van der Waals surface area contributed by atoms with E-state index in [0.29, 0.717) is 6.54 Å². The van der Waals surface area contributed by atoms with Gasteiger partial charge in [0.15, 0.2) is 0 Å². The van der Waals surface area contributed by atoms with Crippen LogP contribution in [-0.4, -0.2) is 22.2 Å². The molecule has 0 atom stereocenters. The van der Waals surface area contributed by atoms with Crippen LogP contribution in [-0.2, 0) is 11.3 Å². The minimum absolute atomic E-state index is 0.109. The quantitative estimate of drug-likeness (QED) is 0.784. The van der Waals surface area contributed by atoms with Gasteiger partial charge in [0.05, 0.1) is 6.10 Å². The summed E-state index contributed by atoms with van der Waals surface area (Å²) >= 11 is 0. The summed E-state index contributed by atoms with van der Waals surface area (Å²) in [6, 6.07) is 0. The molecule has 14 heavy (non-hydrogen) atoms. The summed E-state index contributed by atoms with van der Waals surface area (Å²) in [6.45, 7) is 3.98. The van der Waals surface area contributed by atoms with Crippen LogP contribution in [0.4, 0.5) is 4.79 Å². The molecule has 0 saturated carbocycles.